The number of nitrogens with zero attached hydrogens (tertiary/aromatic N) is 3. The van der Waals surface area contributed by atoms with E-state index >= 15 is 0 Å². The van der Waals surface area contributed by atoms with E-state index in [1.54, 1.807) is 39.0 Å². The quantitative estimate of drug-likeness (QED) is 0.266. The van der Waals surface area contributed by atoms with E-state index in [0.717, 1.165) is 47.9 Å². The van der Waals surface area contributed by atoms with Crippen molar-refractivity contribution in [2.45, 2.75) is 46.8 Å². The summed E-state index contributed by atoms with van der Waals surface area (Å²) in [5.41, 5.74) is 0.869. The maximum Gasteiger partial charge on any atom is 0.417 e. The Morgan fingerprint density at radius 3 is 2.33 bits per heavy atom. The second-order valence-electron chi connectivity index (χ2n) is 11.5. The molecule has 10 heteroatoms. The minimum Gasteiger partial charge on any atom is -0.356 e. The molecule has 1 aliphatic heterocycles. The predicted octanol–water partition coefficient (Wildman–Crippen LogP) is 6.75. The first-order chi connectivity index (χ1) is 19.8. The first kappa shape index (κ1) is 29.0. The third-order valence-corrected chi connectivity index (χ3v) is 7.24. The lowest BCUT2D eigenvalue weighted by molar-refractivity contribution is -0.138. The fraction of sp³-hybridized carbons (Fsp3) is 0.312. The lowest BCUT2D eigenvalue weighted by Crippen LogP contribution is -2.37. The van der Waals surface area contributed by atoms with Crippen LogP contribution in [-0.4, -0.2) is 34.9 Å². The molecule has 0 saturated carbocycles. The molecule has 2 heterocycles. The van der Waals surface area contributed by atoms with Crippen molar-refractivity contribution in [3.05, 3.63) is 82.9 Å². The number of fused-ring (bicyclic) bond motifs is 1. The minimum atomic E-state index is -4.75. The highest BCUT2D eigenvalue weighted by Gasteiger charge is 2.35. The van der Waals surface area contributed by atoms with Crippen molar-refractivity contribution in [1.29, 1.82) is 0 Å². The summed E-state index contributed by atoms with van der Waals surface area (Å²) in [5.74, 6) is 0.151. The molecule has 0 aliphatic carbocycles. The molecule has 218 valence electrons. The Labute approximate surface area is 242 Å². The molecular formula is C32H32F3N5O2. The number of rotatable bonds is 6. The number of halogens is 3. The second kappa shape index (κ2) is 11.1. The number of nitrogens with one attached hydrogen (secondary N) is 2. The molecule has 1 aliphatic rings. The first-order valence-electron chi connectivity index (χ1n) is 13.7. The van der Waals surface area contributed by atoms with Gasteiger partial charge in [-0.05, 0) is 54.8 Å². The largest absolute Gasteiger partial charge is 0.417 e. The predicted molar refractivity (Wildman–Crippen MR) is 157 cm³/mol. The van der Waals surface area contributed by atoms with Crippen molar-refractivity contribution in [1.82, 2.24) is 15.3 Å². The number of benzene rings is 3. The Kier molecular flexibility index (Phi) is 7.66. The van der Waals surface area contributed by atoms with Gasteiger partial charge in [-0.1, -0.05) is 51.1 Å². The molecule has 0 spiro atoms. The van der Waals surface area contributed by atoms with Crippen LogP contribution < -0.4 is 15.5 Å². The lowest BCUT2D eigenvalue weighted by atomic mass is 9.95. The number of carbonyl (C=O) groups excluding carboxylic acids is 2. The van der Waals surface area contributed by atoms with Gasteiger partial charge in [-0.15, -0.1) is 0 Å². The van der Waals surface area contributed by atoms with Gasteiger partial charge in [0.2, 0.25) is 5.91 Å². The average molecular weight is 576 g/mol. The van der Waals surface area contributed by atoms with E-state index in [-0.39, 0.29) is 12.5 Å². The molecule has 42 heavy (non-hydrogen) atoms. The summed E-state index contributed by atoms with van der Waals surface area (Å²) in [6.45, 7) is 8.90. The summed E-state index contributed by atoms with van der Waals surface area (Å²) < 4.78 is 41.7. The van der Waals surface area contributed by atoms with Crippen molar-refractivity contribution in [3.63, 3.8) is 0 Å². The van der Waals surface area contributed by atoms with Gasteiger partial charge in [-0.3, -0.25) is 9.59 Å². The smallest absolute Gasteiger partial charge is 0.356 e. The third kappa shape index (κ3) is 6.07. The number of hydrogen-bond donors (Lipinski definition) is 2. The van der Waals surface area contributed by atoms with Crippen molar-refractivity contribution in [3.8, 4) is 11.4 Å². The molecule has 3 aromatic carbocycles. The molecule has 1 saturated heterocycles. The summed E-state index contributed by atoms with van der Waals surface area (Å²) in [6, 6.07) is 16.1. The molecular weight excluding hydrogens is 543 g/mol. The maximum absolute atomic E-state index is 13.9. The highest BCUT2D eigenvalue weighted by Crippen LogP contribution is 2.35. The standard InChI is InChI=1S/C32H32F3N5O2/c1-19-8-5-6-9-22(19)27-38-26-17-21(11-12-23(26)28(39-27)40-14-7-15-40)37-29(41)24-16-20(10-13-25(24)32(33,34)35)18-36-30(42)31(2,3)4/h5-6,8-13,16-17H,7,14-15,18H2,1-4H3,(H,36,42)(H,37,41). The molecule has 0 unspecified atom stereocenters. The SMILES string of the molecule is Cc1ccccc1-c1nc(N2CCC2)c2ccc(NC(=O)c3cc(CNC(=O)C(C)(C)C)ccc3C(F)(F)F)cc2n1. The zero-order valence-corrected chi connectivity index (χ0v) is 23.9. The summed E-state index contributed by atoms with van der Waals surface area (Å²) >= 11 is 0. The molecule has 0 radical (unpaired) electrons. The Morgan fingerprint density at radius 2 is 1.69 bits per heavy atom. The molecule has 1 fully saturated rings. The molecule has 1 aromatic heterocycles. The lowest BCUT2D eigenvalue weighted by Gasteiger charge is -2.33. The van der Waals surface area contributed by atoms with Crippen molar-refractivity contribution < 1.29 is 22.8 Å². The number of hydrogen-bond acceptors (Lipinski definition) is 5. The zero-order valence-electron chi connectivity index (χ0n) is 23.9. The Bertz CT molecular complexity index is 1670. The average Bonchev–Trinajstić information content (AvgIpc) is 2.89. The van der Waals surface area contributed by atoms with E-state index < -0.39 is 28.6 Å². The van der Waals surface area contributed by atoms with Crippen LogP contribution in [-0.2, 0) is 17.5 Å². The number of aryl methyl sites for hydroxylation is 1. The summed E-state index contributed by atoms with van der Waals surface area (Å²) in [4.78, 5) is 37.3. The second-order valence-corrected chi connectivity index (χ2v) is 11.5. The van der Waals surface area contributed by atoms with Gasteiger partial charge in [-0.25, -0.2) is 9.97 Å². The fourth-order valence-corrected chi connectivity index (χ4v) is 4.69. The van der Waals surface area contributed by atoms with Crippen LogP contribution in [0.5, 0.6) is 0 Å². The van der Waals surface area contributed by atoms with E-state index in [2.05, 4.69) is 15.5 Å². The maximum atomic E-state index is 13.9. The number of anilines is 2. The van der Waals surface area contributed by atoms with Crippen LogP contribution >= 0.6 is 0 Å². The van der Waals surface area contributed by atoms with E-state index in [0.29, 0.717) is 22.6 Å². The van der Waals surface area contributed by atoms with Gasteiger partial charge in [0.1, 0.15) is 5.82 Å². The topological polar surface area (TPSA) is 87.2 Å². The van der Waals surface area contributed by atoms with Crippen molar-refractivity contribution >= 4 is 34.2 Å². The minimum absolute atomic E-state index is 0.0115. The first-order valence-corrected chi connectivity index (χ1v) is 13.7. The molecule has 7 nitrogen and oxygen atoms in total. The summed E-state index contributed by atoms with van der Waals surface area (Å²) in [6.07, 6.45) is -3.69. The van der Waals surface area contributed by atoms with E-state index in [9.17, 15) is 22.8 Å². The molecule has 2 N–H and O–H groups in total. The number of alkyl halides is 3. The van der Waals surface area contributed by atoms with Gasteiger partial charge in [0.25, 0.3) is 5.91 Å². The molecule has 4 aromatic rings. The molecule has 0 atom stereocenters. The van der Waals surface area contributed by atoms with Gasteiger partial charge < -0.3 is 15.5 Å². The Morgan fingerprint density at radius 1 is 0.952 bits per heavy atom. The van der Waals surface area contributed by atoms with Crippen molar-refractivity contribution in [2.75, 3.05) is 23.3 Å². The number of aromatic nitrogens is 2. The van der Waals surface area contributed by atoms with Gasteiger partial charge in [0.15, 0.2) is 5.82 Å². The van der Waals surface area contributed by atoms with Crippen LogP contribution in [0.1, 0.15) is 54.2 Å². The monoisotopic (exact) mass is 575 g/mol. The Hall–Kier alpha value is -4.47. The molecule has 5 rings (SSSR count). The van der Waals surface area contributed by atoms with Gasteiger partial charge in [0.05, 0.1) is 16.6 Å². The molecule has 2 amide bonds. The van der Waals surface area contributed by atoms with Crippen molar-refractivity contribution in [2.24, 2.45) is 5.41 Å². The summed E-state index contributed by atoms with van der Waals surface area (Å²) in [7, 11) is 0. The summed E-state index contributed by atoms with van der Waals surface area (Å²) in [5, 5.41) is 6.13. The van der Waals surface area contributed by atoms with Gasteiger partial charge in [0, 0.05) is 41.7 Å². The number of carbonyl (C=O) groups is 2. The normalized spacial score (nSPS) is 13.5. The van der Waals surface area contributed by atoms with Crippen LogP contribution in [0, 0.1) is 12.3 Å². The van der Waals surface area contributed by atoms with Crippen LogP contribution in [0.3, 0.4) is 0 Å². The molecule has 0 bridgehead atoms. The number of amides is 2. The van der Waals surface area contributed by atoms with Crippen LogP contribution in [0.4, 0.5) is 24.7 Å². The third-order valence-electron chi connectivity index (χ3n) is 7.24. The van der Waals surface area contributed by atoms with Gasteiger partial charge >= 0.3 is 6.18 Å². The Balaban J connectivity index is 1.49. The fourth-order valence-electron chi connectivity index (χ4n) is 4.69. The van der Waals surface area contributed by atoms with E-state index in [4.69, 9.17) is 9.97 Å². The van der Waals surface area contributed by atoms with Crippen LogP contribution in [0.15, 0.2) is 60.7 Å². The van der Waals surface area contributed by atoms with Crippen LogP contribution in [0.25, 0.3) is 22.3 Å². The van der Waals surface area contributed by atoms with E-state index in [1.807, 2.05) is 31.2 Å². The van der Waals surface area contributed by atoms with E-state index in [1.165, 1.54) is 12.1 Å². The zero-order chi connectivity index (χ0) is 30.2. The van der Waals surface area contributed by atoms with Gasteiger partial charge in [-0.2, -0.15) is 13.2 Å². The highest BCUT2D eigenvalue weighted by atomic mass is 19.4. The van der Waals surface area contributed by atoms with Crippen LogP contribution in [0.2, 0.25) is 0 Å². The highest BCUT2D eigenvalue weighted by molar-refractivity contribution is 6.06.